The number of ether oxygens (including phenoxy) is 2. The molecule has 0 fully saturated rings. The Balaban J connectivity index is 1.75. The molecule has 0 aliphatic carbocycles. The molecule has 0 amide bonds. The first kappa shape index (κ1) is 14.9. The normalized spacial score (nSPS) is 11.4. The van der Waals surface area contributed by atoms with Crippen LogP contribution in [0.4, 0.5) is 0 Å². The molecule has 4 heteroatoms. The molecule has 2 aromatic rings. The molecule has 0 aliphatic rings. The lowest BCUT2D eigenvalue weighted by Crippen LogP contribution is -2.08. The van der Waals surface area contributed by atoms with Gasteiger partial charge in [-0.2, -0.15) is 0 Å². The third kappa shape index (κ3) is 4.84. The third-order valence-corrected chi connectivity index (χ3v) is 2.87. The predicted molar refractivity (Wildman–Crippen MR) is 83.0 cm³/mol. The van der Waals surface area contributed by atoms with E-state index in [9.17, 15) is 4.79 Å². The summed E-state index contributed by atoms with van der Waals surface area (Å²) in [5.41, 5.74) is 5.82. The van der Waals surface area contributed by atoms with E-state index in [1.807, 2.05) is 36.4 Å². The lowest BCUT2D eigenvalue weighted by molar-refractivity contribution is -0.138. The molecule has 0 aromatic heterocycles. The van der Waals surface area contributed by atoms with E-state index in [1.54, 1.807) is 6.92 Å². The van der Waals surface area contributed by atoms with Gasteiger partial charge in [0.15, 0.2) is 0 Å². The Bertz CT molecular complexity index is 645. The van der Waals surface area contributed by atoms with Crippen LogP contribution in [0.1, 0.15) is 13.3 Å². The maximum Gasteiger partial charge on any atom is 0.332 e. The van der Waals surface area contributed by atoms with Crippen LogP contribution >= 0.6 is 0 Å². The Morgan fingerprint density at radius 2 is 1.90 bits per heavy atom. The molecule has 2 N–H and O–H groups in total. The van der Waals surface area contributed by atoms with Crippen molar-refractivity contribution in [3.05, 3.63) is 54.2 Å². The number of allylic oxidation sites excluding steroid dienone is 1. The molecule has 0 heterocycles. The SMILES string of the molecule is C/C(N)=C\C(=O)OCCCOc1ccc2ccccc2c1. The second kappa shape index (κ2) is 7.33. The molecule has 0 radical (unpaired) electrons. The zero-order valence-corrected chi connectivity index (χ0v) is 12.0. The van der Waals surface area contributed by atoms with Gasteiger partial charge in [0.2, 0.25) is 0 Å². The monoisotopic (exact) mass is 285 g/mol. The Hall–Kier alpha value is -2.49. The lowest BCUT2D eigenvalue weighted by Gasteiger charge is -2.07. The average Bonchev–Trinajstić information content (AvgIpc) is 2.46. The van der Waals surface area contributed by atoms with Crippen LogP contribution in [0.5, 0.6) is 5.75 Å². The second-order valence-electron chi connectivity index (χ2n) is 4.77. The van der Waals surface area contributed by atoms with Crippen LogP contribution < -0.4 is 10.5 Å². The number of carbonyl (C=O) groups is 1. The molecule has 0 spiro atoms. The molecule has 0 unspecified atom stereocenters. The summed E-state index contributed by atoms with van der Waals surface area (Å²) in [5, 5.41) is 2.33. The highest BCUT2D eigenvalue weighted by Gasteiger charge is 2.00. The molecule has 4 nitrogen and oxygen atoms in total. The van der Waals surface area contributed by atoms with Gasteiger partial charge in [0.25, 0.3) is 0 Å². The largest absolute Gasteiger partial charge is 0.493 e. The maximum atomic E-state index is 11.2. The predicted octanol–water partition coefficient (Wildman–Crippen LogP) is 3.01. The van der Waals surface area contributed by atoms with Gasteiger partial charge in [0.05, 0.1) is 13.2 Å². The Morgan fingerprint density at radius 1 is 1.14 bits per heavy atom. The van der Waals surface area contributed by atoms with E-state index in [0.29, 0.717) is 25.3 Å². The van der Waals surface area contributed by atoms with E-state index in [-0.39, 0.29) is 0 Å². The van der Waals surface area contributed by atoms with Crippen molar-refractivity contribution in [2.24, 2.45) is 5.73 Å². The summed E-state index contributed by atoms with van der Waals surface area (Å²) in [7, 11) is 0. The minimum atomic E-state index is -0.416. The number of fused-ring (bicyclic) bond motifs is 1. The molecule has 110 valence electrons. The topological polar surface area (TPSA) is 61.6 Å². The average molecular weight is 285 g/mol. The first-order chi connectivity index (χ1) is 10.1. The van der Waals surface area contributed by atoms with Crippen molar-refractivity contribution < 1.29 is 14.3 Å². The summed E-state index contributed by atoms with van der Waals surface area (Å²) in [5.74, 6) is 0.401. The van der Waals surface area contributed by atoms with Gasteiger partial charge in [-0.25, -0.2) is 4.79 Å². The standard InChI is InChI=1S/C17H19NO3/c1-13(18)11-17(19)21-10-4-9-20-16-8-7-14-5-2-3-6-15(14)12-16/h2-3,5-8,11-12H,4,9-10,18H2,1H3/b13-11+. The van der Waals surface area contributed by atoms with Gasteiger partial charge in [0.1, 0.15) is 5.75 Å². The summed E-state index contributed by atoms with van der Waals surface area (Å²) in [4.78, 5) is 11.2. The number of benzene rings is 2. The van der Waals surface area contributed by atoms with Gasteiger partial charge >= 0.3 is 5.97 Å². The lowest BCUT2D eigenvalue weighted by atomic mass is 10.1. The van der Waals surface area contributed by atoms with Crippen molar-refractivity contribution in [2.75, 3.05) is 13.2 Å². The van der Waals surface area contributed by atoms with Crippen molar-refractivity contribution in [3.8, 4) is 5.75 Å². The number of rotatable bonds is 6. The molecule has 0 atom stereocenters. The fourth-order valence-corrected chi connectivity index (χ4v) is 1.91. The third-order valence-electron chi connectivity index (χ3n) is 2.87. The van der Waals surface area contributed by atoms with Crippen molar-refractivity contribution in [2.45, 2.75) is 13.3 Å². The quantitative estimate of drug-likeness (QED) is 0.503. The summed E-state index contributed by atoms with van der Waals surface area (Å²) in [6.07, 6.45) is 1.90. The molecular weight excluding hydrogens is 266 g/mol. The minimum absolute atomic E-state index is 0.316. The van der Waals surface area contributed by atoms with E-state index in [4.69, 9.17) is 15.2 Å². The second-order valence-corrected chi connectivity index (χ2v) is 4.77. The number of esters is 1. The fourth-order valence-electron chi connectivity index (χ4n) is 1.91. The summed E-state index contributed by atoms with van der Waals surface area (Å²) in [6, 6.07) is 14.1. The molecule has 0 aliphatic heterocycles. The molecule has 0 saturated heterocycles. The van der Waals surface area contributed by atoms with Crippen LogP contribution in [-0.4, -0.2) is 19.2 Å². The first-order valence-corrected chi connectivity index (χ1v) is 6.87. The van der Waals surface area contributed by atoms with E-state index in [2.05, 4.69) is 6.07 Å². The number of hydrogen-bond acceptors (Lipinski definition) is 4. The van der Waals surface area contributed by atoms with Crippen LogP contribution in [0.15, 0.2) is 54.2 Å². The van der Waals surface area contributed by atoms with Crippen LogP contribution in [-0.2, 0) is 9.53 Å². The van der Waals surface area contributed by atoms with E-state index in [0.717, 1.165) is 11.1 Å². The van der Waals surface area contributed by atoms with Gasteiger partial charge in [-0.3, -0.25) is 0 Å². The molecule has 2 aromatic carbocycles. The highest BCUT2D eigenvalue weighted by atomic mass is 16.5. The maximum absolute atomic E-state index is 11.2. The van der Waals surface area contributed by atoms with Crippen molar-refractivity contribution in [1.82, 2.24) is 0 Å². The molecule has 21 heavy (non-hydrogen) atoms. The number of nitrogens with two attached hydrogens (primary N) is 1. The van der Waals surface area contributed by atoms with Crippen LogP contribution in [0.2, 0.25) is 0 Å². The summed E-state index contributed by atoms with van der Waals surface area (Å²) < 4.78 is 10.6. The van der Waals surface area contributed by atoms with Crippen molar-refractivity contribution in [1.29, 1.82) is 0 Å². The van der Waals surface area contributed by atoms with Crippen LogP contribution in [0.3, 0.4) is 0 Å². The molecule has 0 saturated carbocycles. The van der Waals surface area contributed by atoms with Gasteiger partial charge in [-0.1, -0.05) is 30.3 Å². The smallest absolute Gasteiger partial charge is 0.332 e. The van der Waals surface area contributed by atoms with Crippen molar-refractivity contribution in [3.63, 3.8) is 0 Å². The minimum Gasteiger partial charge on any atom is -0.493 e. The summed E-state index contributed by atoms with van der Waals surface area (Å²) >= 11 is 0. The number of carbonyl (C=O) groups excluding carboxylic acids is 1. The zero-order chi connectivity index (χ0) is 15.1. The van der Waals surface area contributed by atoms with Crippen molar-refractivity contribution >= 4 is 16.7 Å². The van der Waals surface area contributed by atoms with E-state index in [1.165, 1.54) is 11.5 Å². The Kier molecular flexibility index (Phi) is 5.21. The molecule has 0 bridgehead atoms. The highest BCUT2D eigenvalue weighted by Crippen LogP contribution is 2.20. The Morgan fingerprint density at radius 3 is 2.67 bits per heavy atom. The van der Waals surface area contributed by atoms with Crippen LogP contribution in [0, 0.1) is 0 Å². The van der Waals surface area contributed by atoms with Gasteiger partial charge in [0, 0.05) is 18.2 Å². The summed E-state index contributed by atoms with van der Waals surface area (Å²) in [6.45, 7) is 2.46. The molecule has 2 rings (SSSR count). The van der Waals surface area contributed by atoms with Gasteiger partial charge in [-0.05, 0) is 29.8 Å². The fraction of sp³-hybridized carbons (Fsp3) is 0.235. The highest BCUT2D eigenvalue weighted by molar-refractivity contribution is 5.83. The van der Waals surface area contributed by atoms with Gasteiger partial charge < -0.3 is 15.2 Å². The van der Waals surface area contributed by atoms with Crippen LogP contribution in [0.25, 0.3) is 10.8 Å². The molecular formula is C17H19NO3. The zero-order valence-electron chi connectivity index (χ0n) is 12.0. The number of hydrogen-bond donors (Lipinski definition) is 1. The van der Waals surface area contributed by atoms with Gasteiger partial charge in [-0.15, -0.1) is 0 Å². The Labute approximate surface area is 124 Å². The first-order valence-electron chi connectivity index (χ1n) is 6.87. The van der Waals surface area contributed by atoms with E-state index < -0.39 is 5.97 Å². The van der Waals surface area contributed by atoms with E-state index >= 15 is 0 Å².